The maximum Gasteiger partial charge on any atom is 0.272 e. The molecule has 0 N–H and O–H groups in total. The van der Waals surface area contributed by atoms with Gasteiger partial charge in [0.1, 0.15) is 11.8 Å². The van der Waals surface area contributed by atoms with E-state index in [1.807, 2.05) is 11.0 Å². The highest BCUT2D eigenvalue weighted by Gasteiger charge is 2.43. The van der Waals surface area contributed by atoms with Crippen LogP contribution in [0.25, 0.3) is 0 Å². The Kier molecular flexibility index (Phi) is 7.47. The van der Waals surface area contributed by atoms with E-state index in [2.05, 4.69) is 12.8 Å². The highest BCUT2D eigenvalue weighted by Crippen LogP contribution is 2.40. The number of amides is 1. The predicted octanol–water partition coefficient (Wildman–Crippen LogP) is 4.13. The number of nitrogens with zero attached hydrogens (tertiary/aromatic N) is 3. The van der Waals surface area contributed by atoms with Crippen molar-refractivity contribution >= 4 is 42.0 Å². The fraction of sp³-hybridized carbons (Fsp3) is 0.652. The van der Waals surface area contributed by atoms with Crippen LogP contribution >= 0.6 is 24.6 Å². The van der Waals surface area contributed by atoms with E-state index in [0.29, 0.717) is 31.2 Å². The zero-order valence-corrected chi connectivity index (χ0v) is 20.2. The molecule has 32 heavy (non-hydrogen) atoms. The molecule has 3 atom stereocenters. The summed E-state index contributed by atoms with van der Waals surface area (Å²) in [6.07, 6.45) is 5.81. The van der Waals surface area contributed by atoms with E-state index in [-0.39, 0.29) is 28.2 Å². The Balaban J connectivity index is 1.29. The number of thioether (sulfide) groups is 1. The molecular weight excluding hydrogens is 446 g/mol. The van der Waals surface area contributed by atoms with Gasteiger partial charge in [0.2, 0.25) is 5.91 Å². The lowest BCUT2D eigenvalue weighted by Crippen LogP contribution is -2.46. The van der Waals surface area contributed by atoms with Gasteiger partial charge in [0.05, 0.1) is 10.8 Å². The molecule has 174 valence electrons. The van der Waals surface area contributed by atoms with E-state index in [4.69, 9.17) is 0 Å². The number of hydrogen-bond donors (Lipinski definition) is 1. The summed E-state index contributed by atoms with van der Waals surface area (Å²) in [5.41, 5.74) is 3.28. The number of unbranched alkanes of at least 4 members (excludes halogenated alkanes) is 1. The molecule has 2 saturated heterocycles. The summed E-state index contributed by atoms with van der Waals surface area (Å²) in [6.45, 7) is 3.21. The number of carbonyl (C=O) groups is 2. The normalized spacial score (nSPS) is 25.3. The monoisotopic (exact) mass is 477 g/mol. The van der Waals surface area contributed by atoms with Gasteiger partial charge in [-0.1, -0.05) is 19.2 Å². The molecule has 2 unspecified atom stereocenters. The first-order valence-electron chi connectivity index (χ1n) is 11.5. The molecule has 7 nitrogen and oxygen atoms in total. The molecular formula is C23H31N3O4S2. The van der Waals surface area contributed by atoms with Gasteiger partial charge in [-0.3, -0.25) is 19.7 Å². The van der Waals surface area contributed by atoms with Crippen LogP contribution in [0.4, 0.5) is 5.69 Å². The van der Waals surface area contributed by atoms with E-state index < -0.39 is 6.04 Å². The second-order valence-electron chi connectivity index (χ2n) is 9.18. The number of rotatable bonds is 8. The Morgan fingerprint density at radius 1 is 1.25 bits per heavy atom. The third-order valence-electron chi connectivity index (χ3n) is 7.18. The number of hydrogen-bond acceptors (Lipinski definition) is 7. The molecule has 1 aliphatic carbocycles. The Morgan fingerprint density at radius 3 is 2.78 bits per heavy atom. The van der Waals surface area contributed by atoms with Crippen LogP contribution in [-0.4, -0.2) is 56.6 Å². The van der Waals surface area contributed by atoms with Crippen molar-refractivity contribution in [1.82, 2.24) is 9.21 Å². The van der Waals surface area contributed by atoms with Crippen LogP contribution in [-0.2, 0) is 16.0 Å². The average molecular weight is 478 g/mol. The van der Waals surface area contributed by atoms with Gasteiger partial charge in [0.15, 0.2) is 0 Å². The molecule has 1 amide bonds. The topological polar surface area (TPSA) is 83.8 Å². The zero-order chi connectivity index (χ0) is 22.8. The predicted molar refractivity (Wildman–Crippen MR) is 129 cm³/mol. The number of carbonyl (C=O) groups excluding carboxylic acids is 2. The van der Waals surface area contributed by atoms with Crippen LogP contribution in [0.5, 0.6) is 0 Å². The molecule has 0 bridgehead atoms. The molecule has 3 aliphatic rings. The smallest absolute Gasteiger partial charge is 0.272 e. The molecule has 2 heterocycles. The van der Waals surface area contributed by atoms with E-state index >= 15 is 0 Å². The van der Waals surface area contributed by atoms with Gasteiger partial charge in [-0.2, -0.15) is 0 Å². The zero-order valence-electron chi connectivity index (χ0n) is 18.5. The summed E-state index contributed by atoms with van der Waals surface area (Å²) >= 11 is 6.22. The highest BCUT2D eigenvalue weighted by atomic mass is 32.2. The van der Waals surface area contributed by atoms with Crippen molar-refractivity contribution < 1.29 is 14.5 Å². The maximum absolute atomic E-state index is 13.0. The first-order chi connectivity index (χ1) is 15.4. The summed E-state index contributed by atoms with van der Waals surface area (Å²) in [7, 11) is 0. The van der Waals surface area contributed by atoms with Crippen LogP contribution < -0.4 is 0 Å². The molecule has 0 aromatic heterocycles. The van der Waals surface area contributed by atoms with Gasteiger partial charge >= 0.3 is 0 Å². The molecule has 0 radical (unpaired) electrons. The van der Waals surface area contributed by atoms with Crippen molar-refractivity contribution in [2.75, 3.05) is 24.7 Å². The van der Waals surface area contributed by atoms with Gasteiger partial charge in [-0.25, -0.2) is 4.31 Å². The number of nitro benzene ring substituents is 1. The lowest BCUT2D eigenvalue weighted by molar-refractivity contribution is -0.385. The Bertz CT molecular complexity index is 903. The minimum atomic E-state index is -0.435. The van der Waals surface area contributed by atoms with Gasteiger partial charge < -0.3 is 4.90 Å². The Hall–Kier alpha value is -1.58. The lowest BCUT2D eigenvalue weighted by Gasteiger charge is -2.27. The molecule has 2 fully saturated rings. The van der Waals surface area contributed by atoms with Gasteiger partial charge in [0.25, 0.3) is 5.69 Å². The number of benzene rings is 1. The van der Waals surface area contributed by atoms with Crippen LogP contribution in [0.15, 0.2) is 12.1 Å². The second kappa shape index (κ2) is 10.1. The first-order valence-corrected chi connectivity index (χ1v) is 13.0. The first kappa shape index (κ1) is 23.6. The third-order valence-corrected chi connectivity index (χ3v) is 8.60. The van der Waals surface area contributed by atoms with Gasteiger partial charge in [-0.15, -0.1) is 11.8 Å². The summed E-state index contributed by atoms with van der Waals surface area (Å²) in [5.74, 6) is 1.95. The fourth-order valence-electron chi connectivity index (χ4n) is 5.41. The van der Waals surface area contributed by atoms with E-state index in [1.54, 1.807) is 29.1 Å². The number of aryl methyl sites for hydroxylation is 2. The van der Waals surface area contributed by atoms with Crippen molar-refractivity contribution in [2.45, 2.75) is 63.8 Å². The summed E-state index contributed by atoms with van der Waals surface area (Å²) in [6, 6.07) is 3.30. The number of thiol groups is 1. The maximum atomic E-state index is 13.0. The number of ketones is 1. The van der Waals surface area contributed by atoms with E-state index in [9.17, 15) is 19.7 Å². The number of nitro groups is 1. The number of fused-ring (bicyclic) bond motifs is 1. The van der Waals surface area contributed by atoms with E-state index in [1.165, 1.54) is 5.56 Å². The Morgan fingerprint density at radius 2 is 2.06 bits per heavy atom. The van der Waals surface area contributed by atoms with Crippen LogP contribution in [0.2, 0.25) is 0 Å². The fourth-order valence-corrected chi connectivity index (χ4v) is 6.74. The van der Waals surface area contributed by atoms with Crippen LogP contribution in [0.1, 0.15) is 61.1 Å². The van der Waals surface area contributed by atoms with Gasteiger partial charge in [0, 0.05) is 42.8 Å². The molecule has 2 aliphatic heterocycles. The summed E-state index contributed by atoms with van der Waals surface area (Å²) < 4.78 is 1.75. The third kappa shape index (κ3) is 4.84. The minimum absolute atomic E-state index is 0.0419. The van der Waals surface area contributed by atoms with E-state index in [0.717, 1.165) is 55.5 Å². The SMILES string of the molecule is Cc1cc2c(cc1[N+](=O)[O-])C(CCCCC(=O)C1CCN(S)[C@H]1C(=O)N1CCSC1)CC2. The van der Waals surface area contributed by atoms with Crippen molar-refractivity contribution in [1.29, 1.82) is 0 Å². The van der Waals surface area contributed by atoms with Crippen molar-refractivity contribution in [2.24, 2.45) is 5.92 Å². The summed E-state index contributed by atoms with van der Waals surface area (Å²) in [5, 5.41) is 11.3. The van der Waals surface area contributed by atoms with Crippen molar-refractivity contribution in [3.05, 3.63) is 38.9 Å². The Labute approximate surface area is 199 Å². The van der Waals surface area contributed by atoms with Gasteiger partial charge in [-0.05, 0) is 62.1 Å². The largest absolute Gasteiger partial charge is 0.331 e. The molecule has 1 aromatic rings. The molecule has 1 aromatic carbocycles. The average Bonchev–Trinajstić information content (AvgIpc) is 3.50. The van der Waals surface area contributed by atoms with Crippen molar-refractivity contribution in [3.63, 3.8) is 0 Å². The molecule has 4 rings (SSSR count). The molecule has 0 spiro atoms. The standard InChI is InChI=1S/C23H31N3O4S2/c1-15-12-17-7-6-16(19(17)13-20(15)26(29)30)4-2-3-5-21(27)18-8-9-25(31)22(18)23(28)24-10-11-32-14-24/h12-13,16,18,22,31H,2-11,14H2,1H3/t16?,18?,22-/m1/s1. The second-order valence-corrected chi connectivity index (χ2v) is 10.8. The molecule has 0 saturated carbocycles. The minimum Gasteiger partial charge on any atom is -0.331 e. The van der Waals surface area contributed by atoms with Crippen LogP contribution in [0.3, 0.4) is 0 Å². The number of Topliss-reactive ketones (excluding diaryl/α,β-unsaturated/α-hetero) is 1. The van der Waals surface area contributed by atoms with Crippen molar-refractivity contribution in [3.8, 4) is 0 Å². The highest BCUT2D eigenvalue weighted by molar-refractivity contribution is 7.99. The molecule has 9 heteroatoms. The quantitative estimate of drug-likeness (QED) is 0.262. The lowest BCUT2D eigenvalue weighted by atomic mass is 9.90. The van der Waals surface area contributed by atoms with Crippen LogP contribution in [0, 0.1) is 23.0 Å². The summed E-state index contributed by atoms with van der Waals surface area (Å²) in [4.78, 5) is 38.7.